The Balaban J connectivity index is 2.59. The Bertz CT molecular complexity index is 590. The Morgan fingerprint density at radius 3 is 2.50 bits per heavy atom. The van der Waals surface area contributed by atoms with E-state index in [2.05, 4.69) is 5.43 Å². The monoisotopic (exact) mass is 274 g/mol. The van der Waals surface area contributed by atoms with Gasteiger partial charge in [-0.3, -0.25) is 5.84 Å². The predicted octanol–water partition coefficient (Wildman–Crippen LogP) is 3.00. The number of nitrogens with two attached hydrogens (primary N) is 1. The van der Waals surface area contributed by atoms with Crippen LogP contribution >= 0.6 is 0 Å². The lowest BCUT2D eigenvalue weighted by Crippen LogP contribution is -2.30. The SMILES string of the molecule is COc1ccccc1C(NN)c1c(C)cc(C)cc1F. The Morgan fingerprint density at radius 2 is 1.90 bits per heavy atom. The van der Waals surface area contributed by atoms with Gasteiger partial charge in [-0.15, -0.1) is 0 Å². The van der Waals surface area contributed by atoms with Crippen molar-refractivity contribution < 1.29 is 9.13 Å². The van der Waals surface area contributed by atoms with Crippen LogP contribution in [0.3, 0.4) is 0 Å². The van der Waals surface area contributed by atoms with E-state index < -0.39 is 6.04 Å². The maximum Gasteiger partial charge on any atom is 0.128 e. The van der Waals surface area contributed by atoms with Crippen LogP contribution in [0.1, 0.15) is 28.3 Å². The smallest absolute Gasteiger partial charge is 0.128 e. The summed E-state index contributed by atoms with van der Waals surface area (Å²) in [6, 6.07) is 10.5. The van der Waals surface area contributed by atoms with E-state index in [0.29, 0.717) is 11.3 Å². The van der Waals surface area contributed by atoms with Crippen molar-refractivity contribution in [2.45, 2.75) is 19.9 Å². The summed E-state index contributed by atoms with van der Waals surface area (Å²) in [6.07, 6.45) is 0. The van der Waals surface area contributed by atoms with Gasteiger partial charge in [-0.25, -0.2) is 9.82 Å². The maximum absolute atomic E-state index is 14.3. The standard InChI is InChI=1S/C16H19FN2O/c1-10-8-11(2)15(13(17)9-10)16(19-18)12-6-4-5-7-14(12)20-3/h4-9,16,19H,18H2,1-3H3. The molecule has 0 aliphatic carbocycles. The van der Waals surface area contributed by atoms with E-state index in [0.717, 1.165) is 16.7 Å². The third-order valence-corrected chi connectivity index (χ3v) is 3.39. The van der Waals surface area contributed by atoms with Gasteiger partial charge in [-0.05, 0) is 37.1 Å². The van der Waals surface area contributed by atoms with Gasteiger partial charge >= 0.3 is 0 Å². The molecule has 0 fully saturated rings. The summed E-state index contributed by atoms with van der Waals surface area (Å²) in [5.41, 5.74) is 5.79. The highest BCUT2D eigenvalue weighted by Gasteiger charge is 2.22. The summed E-state index contributed by atoms with van der Waals surface area (Å²) < 4.78 is 19.7. The number of hydrogen-bond donors (Lipinski definition) is 2. The molecule has 0 saturated carbocycles. The second kappa shape index (κ2) is 6.03. The second-order valence-electron chi connectivity index (χ2n) is 4.82. The number of rotatable bonds is 4. The number of hydrogen-bond acceptors (Lipinski definition) is 3. The molecule has 4 heteroatoms. The fraction of sp³-hybridized carbons (Fsp3) is 0.250. The van der Waals surface area contributed by atoms with Crippen LogP contribution in [-0.2, 0) is 0 Å². The zero-order valence-corrected chi connectivity index (χ0v) is 11.9. The number of para-hydroxylation sites is 1. The molecule has 0 aliphatic heterocycles. The van der Waals surface area contributed by atoms with Crippen LogP contribution in [0.2, 0.25) is 0 Å². The molecule has 20 heavy (non-hydrogen) atoms. The molecule has 0 radical (unpaired) electrons. The number of ether oxygens (including phenoxy) is 1. The normalized spacial score (nSPS) is 12.2. The zero-order valence-electron chi connectivity index (χ0n) is 11.9. The lowest BCUT2D eigenvalue weighted by molar-refractivity contribution is 0.403. The van der Waals surface area contributed by atoms with Crippen LogP contribution in [0.15, 0.2) is 36.4 Å². The summed E-state index contributed by atoms with van der Waals surface area (Å²) in [7, 11) is 1.59. The van der Waals surface area contributed by atoms with Gasteiger partial charge in [-0.2, -0.15) is 0 Å². The van der Waals surface area contributed by atoms with Crippen LogP contribution in [0.5, 0.6) is 5.75 Å². The molecule has 2 aromatic carbocycles. The van der Waals surface area contributed by atoms with Crippen molar-refractivity contribution in [3.63, 3.8) is 0 Å². The van der Waals surface area contributed by atoms with Gasteiger partial charge < -0.3 is 4.74 Å². The number of nitrogens with one attached hydrogen (secondary N) is 1. The first-order chi connectivity index (χ1) is 9.58. The van der Waals surface area contributed by atoms with Crippen molar-refractivity contribution in [1.29, 1.82) is 0 Å². The molecule has 2 rings (SSSR count). The number of aryl methyl sites for hydroxylation is 2. The van der Waals surface area contributed by atoms with Crippen molar-refractivity contribution in [3.8, 4) is 5.75 Å². The highest BCUT2D eigenvalue weighted by molar-refractivity contribution is 5.45. The van der Waals surface area contributed by atoms with E-state index in [4.69, 9.17) is 10.6 Å². The molecule has 0 saturated heterocycles. The van der Waals surface area contributed by atoms with Crippen molar-refractivity contribution in [3.05, 3.63) is 64.5 Å². The third-order valence-electron chi connectivity index (χ3n) is 3.39. The third kappa shape index (κ3) is 2.66. The van der Waals surface area contributed by atoms with E-state index in [-0.39, 0.29) is 5.82 Å². The van der Waals surface area contributed by atoms with E-state index in [1.165, 1.54) is 6.07 Å². The van der Waals surface area contributed by atoms with Gasteiger partial charge in [0.05, 0.1) is 13.2 Å². The summed E-state index contributed by atoms with van der Waals surface area (Å²) in [4.78, 5) is 0. The van der Waals surface area contributed by atoms with Crippen molar-refractivity contribution in [2.24, 2.45) is 5.84 Å². The molecular formula is C16H19FN2O. The summed E-state index contributed by atoms with van der Waals surface area (Å²) >= 11 is 0. The van der Waals surface area contributed by atoms with Gasteiger partial charge in [0.2, 0.25) is 0 Å². The summed E-state index contributed by atoms with van der Waals surface area (Å²) in [5.74, 6) is 6.07. The fourth-order valence-electron chi connectivity index (χ4n) is 2.53. The van der Waals surface area contributed by atoms with Gasteiger partial charge in [0.1, 0.15) is 11.6 Å². The van der Waals surface area contributed by atoms with Crippen LogP contribution in [-0.4, -0.2) is 7.11 Å². The first-order valence-corrected chi connectivity index (χ1v) is 6.44. The van der Waals surface area contributed by atoms with Crippen LogP contribution in [0, 0.1) is 19.7 Å². The summed E-state index contributed by atoms with van der Waals surface area (Å²) in [6.45, 7) is 3.75. The van der Waals surface area contributed by atoms with Crippen LogP contribution in [0.25, 0.3) is 0 Å². The molecule has 3 N–H and O–H groups in total. The fourth-order valence-corrected chi connectivity index (χ4v) is 2.53. The molecular weight excluding hydrogens is 255 g/mol. The average Bonchev–Trinajstić information content (AvgIpc) is 2.42. The van der Waals surface area contributed by atoms with Crippen molar-refractivity contribution >= 4 is 0 Å². The minimum Gasteiger partial charge on any atom is -0.496 e. The zero-order chi connectivity index (χ0) is 14.7. The predicted molar refractivity (Wildman–Crippen MR) is 78.0 cm³/mol. The molecule has 2 aromatic rings. The van der Waals surface area contributed by atoms with Gasteiger partial charge in [0.15, 0.2) is 0 Å². The highest BCUT2D eigenvalue weighted by atomic mass is 19.1. The lowest BCUT2D eigenvalue weighted by atomic mass is 9.93. The number of hydrazine groups is 1. The molecule has 0 aromatic heterocycles. The van der Waals surface area contributed by atoms with Crippen LogP contribution in [0.4, 0.5) is 4.39 Å². The Hall–Kier alpha value is -1.91. The number of halogens is 1. The first-order valence-electron chi connectivity index (χ1n) is 6.44. The minimum absolute atomic E-state index is 0.267. The lowest BCUT2D eigenvalue weighted by Gasteiger charge is -2.22. The molecule has 0 amide bonds. The molecule has 0 bridgehead atoms. The average molecular weight is 274 g/mol. The quantitative estimate of drug-likeness (QED) is 0.665. The van der Waals surface area contributed by atoms with Gasteiger partial charge in [0, 0.05) is 11.1 Å². The molecule has 0 aliphatic rings. The molecule has 1 atom stereocenters. The summed E-state index contributed by atoms with van der Waals surface area (Å²) in [5, 5.41) is 0. The Morgan fingerprint density at radius 1 is 1.20 bits per heavy atom. The van der Waals surface area contributed by atoms with Gasteiger partial charge in [0.25, 0.3) is 0 Å². The van der Waals surface area contributed by atoms with E-state index >= 15 is 0 Å². The number of benzene rings is 2. The Labute approximate surface area is 118 Å². The van der Waals surface area contributed by atoms with Crippen molar-refractivity contribution in [2.75, 3.05) is 7.11 Å². The van der Waals surface area contributed by atoms with Crippen LogP contribution < -0.4 is 16.0 Å². The van der Waals surface area contributed by atoms with E-state index in [1.54, 1.807) is 7.11 Å². The first kappa shape index (κ1) is 14.5. The molecule has 106 valence electrons. The van der Waals surface area contributed by atoms with E-state index in [9.17, 15) is 4.39 Å². The topological polar surface area (TPSA) is 47.3 Å². The largest absolute Gasteiger partial charge is 0.496 e. The molecule has 1 unspecified atom stereocenters. The van der Waals surface area contributed by atoms with Gasteiger partial charge in [-0.1, -0.05) is 24.3 Å². The molecule has 0 heterocycles. The maximum atomic E-state index is 14.3. The molecule has 3 nitrogen and oxygen atoms in total. The molecule has 0 spiro atoms. The van der Waals surface area contributed by atoms with Crippen molar-refractivity contribution in [1.82, 2.24) is 5.43 Å². The Kier molecular flexibility index (Phi) is 4.37. The number of methoxy groups -OCH3 is 1. The highest BCUT2D eigenvalue weighted by Crippen LogP contribution is 2.32. The van der Waals surface area contributed by atoms with E-state index in [1.807, 2.05) is 44.2 Å². The second-order valence-corrected chi connectivity index (χ2v) is 4.82. The minimum atomic E-state index is -0.452.